The Balaban J connectivity index is 1.29. The van der Waals surface area contributed by atoms with E-state index in [9.17, 15) is 4.79 Å². The van der Waals surface area contributed by atoms with Crippen molar-refractivity contribution < 1.29 is 4.79 Å². The Kier molecular flexibility index (Phi) is 4.80. The minimum atomic E-state index is -0.00487. The summed E-state index contributed by atoms with van der Waals surface area (Å²) in [5, 5.41) is 12.7. The van der Waals surface area contributed by atoms with Crippen LogP contribution in [0.3, 0.4) is 0 Å². The molecule has 4 rings (SSSR count). The highest BCUT2D eigenvalue weighted by atomic mass is 32.1. The van der Waals surface area contributed by atoms with Crippen molar-refractivity contribution in [3.63, 3.8) is 0 Å². The van der Waals surface area contributed by atoms with E-state index >= 15 is 0 Å². The van der Waals surface area contributed by atoms with E-state index in [-0.39, 0.29) is 12.5 Å². The highest BCUT2D eigenvalue weighted by Gasteiger charge is 2.19. The van der Waals surface area contributed by atoms with E-state index in [1.165, 1.54) is 6.42 Å². The second-order valence-electron chi connectivity index (χ2n) is 6.38. The summed E-state index contributed by atoms with van der Waals surface area (Å²) in [7, 11) is 0. The molecule has 1 amide bonds. The van der Waals surface area contributed by atoms with Gasteiger partial charge in [0.1, 0.15) is 6.54 Å². The fourth-order valence-electron chi connectivity index (χ4n) is 3.34. The van der Waals surface area contributed by atoms with E-state index < -0.39 is 0 Å². The van der Waals surface area contributed by atoms with Crippen LogP contribution in [0.2, 0.25) is 0 Å². The Morgan fingerprint density at radius 1 is 1.48 bits per heavy atom. The SMILES string of the molecule is O=C(Cn1nccc1[C@H]1CCCNC1)NCCc1cn2ccsc2n1. The van der Waals surface area contributed by atoms with Gasteiger partial charge in [0.05, 0.1) is 5.69 Å². The molecule has 0 bridgehead atoms. The highest BCUT2D eigenvalue weighted by Crippen LogP contribution is 2.22. The summed E-state index contributed by atoms with van der Waals surface area (Å²) < 4.78 is 3.84. The summed E-state index contributed by atoms with van der Waals surface area (Å²) >= 11 is 1.61. The summed E-state index contributed by atoms with van der Waals surface area (Å²) in [6.07, 6.45) is 8.85. The number of fused-ring (bicyclic) bond motifs is 1. The molecule has 1 atom stereocenters. The fraction of sp³-hybridized carbons (Fsp3) is 0.471. The maximum atomic E-state index is 12.2. The number of rotatable bonds is 6. The lowest BCUT2D eigenvalue weighted by atomic mass is 9.96. The fourth-order valence-corrected chi connectivity index (χ4v) is 4.06. The van der Waals surface area contributed by atoms with E-state index in [4.69, 9.17) is 0 Å². The van der Waals surface area contributed by atoms with Gasteiger partial charge in [0.15, 0.2) is 4.96 Å². The van der Waals surface area contributed by atoms with Gasteiger partial charge >= 0.3 is 0 Å². The average Bonchev–Trinajstić information content (AvgIpc) is 3.32. The predicted molar refractivity (Wildman–Crippen MR) is 96.9 cm³/mol. The van der Waals surface area contributed by atoms with E-state index in [0.29, 0.717) is 12.5 Å². The largest absolute Gasteiger partial charge is 0.354 e. The average molecular weight is 358 g/mol. The van der Waals surface area contributed by atoms with E-state index in [1.54, 1.807) is 17.5 Å². The zero-order chi connectivity index (χ0) is 17.1. The topological polar surface area (TPSA) is 76.2 Å². The summed E-state index contributed by atoms with van der Waals surface area (Å²) in [6.45, 7) is 2.91. The van der Waals surface area contributed by atoms with E-state index in [0.717, 1.165) is 42.3 Å². The van der Waals surface area contributed by atoms with Crippen LogP contribution in [0.25, 0.3) is 4.96 Å². The molecule has 8 heteroatoms. The molecule has 1 fully saturated rings. The van der Waals surface area contributed by atoms with Crippen molar-refractivity contribution >= 4 is 22.2 Å². The molecular weight excluding hydrogens is 336 g/mol. The molecule has 0 saturated carbocycles. The number of carbonyl (C=O) groups is 1. The van der Waals surface area contributed by atoms with Crippen molar-refractivity contribution in [2.24, 2.45) is 0 Å². The monoisotopic (exact) mass is 358 g/mol. The molecule has 0 spiro atoms. The second-order valence-corrected chi connectivity index (χ2v) is 7.26. The van der Waals surface area contributed by atoms with Crippen LogP contribution in [0.4, 0.5) is 0 Å². The minimum absolute atomic E-state index is 0.00487. The zero-order valence-corrected chi connectivity index (χ0v) is 14.8. The predicted octanol–water partition coefficient (Wildman–Crippen LogP) is 1.42. The van der Waals surface area contributed by atoms with E-state index in [1.807, 2.05) is 32.9 Å². The summed E-state index contributed by atoms with van der Waals surface area (Å²) in [6, 6.07) is 2.03. The number of piperidine rings is 1. The molecule has 0 aromatic carbocycles. The highest BCUT2D eigenvalue weighted by molar-refractivity contribution is 7.15. The number of nitrogens with one attached hydrogen (secondary N) is 2. The van der Waals surface area contributed by atoms with Crippen molar-refractivity contribution in [3.05, 3.63) is 41.4 Å². The molecule has 3 aromatic rings. The van der Waals surface area contributed by atoms with Gasteiger partial charge < -0.3 is 10.6 Å². The van der Waals surface area contributed by atoms with Gasteiger partial charge in [0.25, 0.3) is 0 Å². The lowest BCUT2D eigenvalue weighted by molar-refractivity contribution is -0.121. The number of hydrogen-bond donors (Lipinski definition) is 2. The third-order valence-corrected chi connectivity index (χ3v) is 5.38. The van der Waals surface area contributed by atoms with Gasteiger partial charge in [-0.1, -0.05) is 0 Å². The molecule has 3 aromatic heterocycles. The quantitative estimate of drug-likeness (QED) is 0.699. The third kappa shape index (κ3) is 3.74. The van der Waals surface area contributed by atoms with Crippen LogP contribution in [0.15, 0.2) is 30.0 Å². The molecule has 0 unspecified atom stereocenters. The van der Waals surface area contributed by atoms with Crippen LogP contribution in [-0.4, -0.2) is 44.7 Å². The molecule has 0 aliphatic carbocycles. The molecule has 1 aliphatic rings. The van der Waals surface area contributed by atoms with Gasteiger partial charge in [-0.2, -0.15) is 5.10 Å². The van der Waals surface area contributed by atoms with Crippen molar-refractivity contribution in [1.29, 1.82) is 0 Å². The first-order chi connectivity index (χ1) is 12.3. The van der Waals surface area contributed by atoms with Gasteiger partial charge in [0.2, 0.25) is 5.91 Å². The number of imidazole rings is 1. The Hall–Kier alpha value is -2.19. The van der Waals surface area contributed by atoms with Crippen molar-refractivity contribution in [2.75, 3.05) is 19.6 Å². The molecule has 7 nitrogen and oxygen atoms in total. The van der Waals surface area contributed by atoms with Crippen molar-refractivity contribution in [1.82, 2.24) is 29.8 Å². The first-order valence-electron chi connectivity index (χ1n) is 8.70. The Labute approximate surface area is 150 Å². The van der Waals surface area contributed by atoms with Crippen LogP contribution in [0, 0.1) is 0 Å². The molecule has 132 valence electrons. The first-order valence-corrected chi connectivity index (χ1v) is 9.58. The van der Waals surface area contributed by atoms with Crippen molar-refractivity contribution in [2.45, 2.75) is 31.7 Å². The van der Waals surface area contributed by atoms with Gasteiger partial charge in [0, 0.05) is 55.1 Å². The van der Waals surface area contributed by atoms with Gasteiger partial charge in [-0.25, -0.2) is 4.98 Å². The van der Waals surface area contributed by atoms with Gasteiger partial charge in [-0.15, -0.1) is 11.3 Å². The van der Waals surface area contributed by atoms with Crippen LogP contribution in [0.1, 0.15) is 30.1 Å². The molecular formula is C17H22N6OS. The molecule has 0 radical (unpaired) electrons. The first kappa shape index (κ1) is 16.3. The molecule has 2 N–H and O–H groups in total. The van der Waals surface area contributed by atoms with Crippen molar-refractivity contribution in [3.8, 4) is 0 Å². The maximum absolute atomic E-state index is 12.2. The Morgan fingerprint density at radius 2 is 2.44 bits per heavy atom. The van der Waals surface area contributed by atoms with Crippen LogP contribution in [-0.2, 0) is 17.8 Å². The van der Waals surface area contributed by atoms with Crippen LogP contribution < -0.4 is 10.6 Å². The summed E-state index contributed by atoms with van der Waals surface area (Å²) in [5.41, 5.74) is 2.15. The smallest absolute Gasteiger partial charge is 0.241 e. The number of hydrogen-bond acceptors (Lipinski definition) is 5. The van der Waals surface area contributed by atoms with E-state index in [2.05, 4.69) is 20.7 Å². The van der Waals surface area contributed by atoms with Gasteiger partial charge in [-0.05, 0) is 25.5 Å². The molecule has 4 heterocycles. The molecule has 1 saturated heterocycles. The molecule has 1 aliphatic heterocycles. The number of nitrogens with zero attached hydrogens (tertiary/aromatic N) is 4. The van der Waals surface area contributed by atoms with Crippen LogP contribution >= 0.6 is 11.3 Å². The molecule has 25 heavy (non-hydrogen) atoms. The third-order valence-electron chi connectivity index (χ3n) is 4.60. The number of amides is 1. The number of aromatic nitrogens is 4. The maximum Gasteiger partial charge on any atom is 0.241 e. The Bertz CT molecular complexity index is 816. The van der Waals surface area contributed by atoms with Gasteiger partial charge in [-0.3, -0.25) is 13.9 Å². The summed E-state index contributed by atoms with van der Waals surface area (Å²) in [5.74, 6) is 0.442. The number of carbonyl (C=O) groups excluding carboxylic acids is 1. The number of thiazole rings is 1. The summed E-state index contributed by atoms with van der Waals surface area (Å²) in [4.78, 5) is 17.8. The lowest BCUT2D eigenvalue weighted by Gasteiger charge is -2.23. The normalized spacial score (nSPS) is 17.8. The zero-order valence-electron chi connectivity index (χ0n) is 14.0. The standard InChI is InChI=1S/C17H22N6OS/c24-16(19-6-3-14-11-22-8-9-25-17(22)21-14)12-23-15(4-7-20-23)13-2-1-5-18-10-13/h4,7-9,11,13,18H,1-3,5-6,10,12H2,(H,19,24)/t13-/m0/s1. The minimum Gasteiger partial charge on any atom is -0.354 e. The lowest BCUT2D eigenvalue weighted by Crippen LogP contribution is -2.33. The Morgan fingerprint density at radius 3 is 3.28 bits per heavy atom. The van der Waals surface area contributed by atoms with Crippen LogP contribution in [0.5, 0.6) is 0 Å². The second kappa shape index (κ2) is 7.37.